The Kier molecular flexibility index (Phi) is 10.5. The van der Waals surface area contributed by atoms with Gasteiger partial charge in [0.1, 0.15) is 11.9 Å². The highest BCUT2D eigenvalue weighted by atomic mass is 32.1. The summed E-state index contributed by atoms with van der Waals surface area (Å²) in [5.41, 5.74) is 2.36. The van der Waals surface area contributed by atoms with Gasteiger partial charge in [0.05, 0.1) is 17.6 Å². The summed E-state index contributed by atoms with van der Waals surface area (Å²) in [6.45, 7) is 11.9. The lowest BCUT2D eigenvalue weighted by Crippen LogP contribution is -2.48. The normalized spacial score (nSPS) is 12.4. The van der Waals surface area contributed by atoms with Crippen LogP contribution in [0.3, 0.4) is 0 Å². The summed E-state index contributed by atoms with van der Waals surface area (Å²) in [5, 5.41) is 7.91. The van der Waals surface area contributed by atoms with Gasteiger partial charge in [0.15, 0.2) is 0 Å². The van der Waals surface area contributed by atoms with Gasteiger partial charge in [-0.1, -0.05) is 33.8 Å². The molecule has 7 nitrogen and oxygen atoms in total. The largest absolute Gasteiger partial charge is 0.380 e. The second-order valence-corrected chi connectivity index (χ2v) is 10.5. The molecule has 2 heterocycles. The molecule has 0 radical (unpaired) electrons. The molecule has 0 fully saturated rings. The molecule has 1 aromatic carbocycles. The number of imidazole rings is 1. The van der Waals surface area contributed by atoms with Crippen LogP contribution in [0.25, 0.3) is 11.0 Å². The molecule has 0 aliphatic rings. The van der Waals surface area contributed by atoms with E-state index in [1.54, 1.807) is 11.3 Å². The number of hydrogen-bond donors (Lipinski definition) is 2. The molecule has 0 saturated carbocycles. The Morgan fingerprint density at radius 2 is 1.92 bits per heavy atom. The standard InChI is InChI=1S/C28H40N4O3S/c1-6-21(7-2)32-25-12-11-20(17-23(25)30-26(32)18-22-10-9-15-36-22)27(33)31-24(16-19(4)5)28(34)29-13-14-35-8-3/h9-12,15,17,19,21,24H,6-8,13-14,16,18H2,1-5H3,(H,29,34)(H,31,33)/t24-/m0/s1. The zero-order valence-corrected chi connectivity index (χ0v) is 23.0. The summed E-state index contributed by atoms with van der Waals surface area (Å²) < 4.78 is 7.64. The molecule has 196 valence electrons. The van der Waals surface area contributed by atoms with Crippen molar-refractivity contribution < 1.29 is 14.3 Å². The van der Waals surface area contributed by atoms with Crippen LogP contribution in [0.5, 0.6) is 0 Å². The first-order valence-electron chi connectivity index (χ1n) is 13.1. The van der Waals surface area contributed by atoms with Crippen molar-refractivity contribution in [2.75, 3.05) is 19.8 Å². The predicted molar refractivity (Wildman–Crippen MR) is 147 cm³/mol. The molecule has 3 aromatic rings. The minimum atomic E-state index is -0.605. The molecule has 8 heteroatoms. The Labute approximate surface area is 218 Å². The molecule has 0 saturated heterocycles. The molecule has 0 spiro atoms. The quantitative estimate of drug-likeness (QED) is 0.285. The topological polar surface area (TPSA) is 85.2 Å². The first-order chi connectivity index (χ1) is 17.4. The number of carbonyl (C=O) groups excluding carboxylic acids is 2. The number of nitrogens with one attached hydrogen (secondary N) is 2. The summed E-state index contributed by atoms with van der Waals surface area (Å²) in [6.07, 6.45) is 3.35. The number of hydrogen-bond acceptors (Lipinski definition) is 5. The third kappa shape index (κ3) is 7.17. The van der Waals surface area contributed by atoms with E-state index in [-0.39, 0.29) is 17.7 Å². The Bertz CT molecular complexity index is 1120. The van der Waals surface area contributed by atoms with Crippen molar-refractivity contribution in [2.45, 2.75) is 72.4 Å². The number of nitrogens with zero attached hydrogens (tertiary/aromatic N) is 2. The van der Waals surface area contributed by atoms with Gasteiger partial charge >= 0.3 is 0 Å². The van der Waals surface area contributed by atoms with Crippen molar-refractivity contribution >= 4 is 34.2 Å². The number of carbonyl (C=O) groups is 2. The summed E-state index contributed by atoms with van der Waals surface area (Å²) >= 11 is 1.73. The molecule has 2 aromatic heterocycles. The van der Waals surface area contributed by atoms with Gasteiger partial charge in [-0.3, -0.25) is 9.59 Å². The smallest absolute Gasteiger partial charge is 0.252 e. The second kappa shape index (κ2) is 13.6. The van der Waals surface area contributed by atoms with Crippen molar-refractivity contribution in [2.24, 2.45) is 5.92 Å². The van der Waals surface area contributed by atoms with Crippen LogP contribution in [0.15, 0.2) is 35.7 Å². The van der Waals surface area contributed by atoms with E-state index in [1.807, 2.05) is 39.0 Å². The zero-order chi connectivity index (χ0) is 26.1. The molecule has 0 aliphatic heterocycles. The van der Waals surface area contributed by atoms with Gasteiger partial charge in [-0.25, -0.2) is 4.98 Å². The van der Waals surface area contributed by atoms with E-state index < -0.39 is 6.04 Å². The number of thiophene rings is 1. The first-order valence-corrected chi connectivity index (χ1v) is 13.9. The molecule has 3 rings (SSSR count). The van der Waals surface area contributed by atoms with Gasteiger partial charge in [0.2, 0.25) is 5.91 Å². The fraction of sp³-hybridized carbons (Fsp3) is 0.536. The SMILES string of the molecule is CCOCCNC(=O)[C@H](CC(C)C)NC(=O)c1ccc2c(c1)nc(Cc1cccs1)n2C(CC)CC. The summed E-state index contributed by atoms with van der Waals surface area (Å²) in [6, 6.07) is 9.62. The van der Waals surface area contributed by atoms with Crippen LogP contribution in [0.2, 0.25) is 0 Å². The van der Waals surface area contributed by atoms with Crippen LogP contribution < -0.4 is 10.6 Å². The van der Waals surface area contributed by atoms with Crippen LogP contribution in [-0.2, 0) is 16.0 Å². The molecule has 36 heavy (non-hydrogen) atoms. The van der Waals surface area contributed by atoms with Gasteiger partial charge in [-0.05, 0) is 61.7 Å². The lowest BCUT2D eigenvalue weighted by atomic mass is 10.0. The highest BCUT2D eigenvalue weighted by molar-refractivity contribution is 7.09. The zero-order valence-electron chi connectivity index (χ0n) is 22.2. The van der Waals surface area contributed by atoms with E-state index >= 15 is 0 Å². The highest BCUT2D eigenvalue weighted by Gasteiger charge is 2.24. The fourth-order valence-electron chi connectivity index (χ4n) is 4.50. The van der Waals surface area contributed by atoms with Gasteiger partial charge in [-0.2, -0.15) is 0 Å². The van der Waals surface area contributed by atoms with E-state index in [1.165, 1.54) is 4.88 Å². The minimum Gasteiger partial charge on any atom is -0.380 e. The van der Waals surface area contributed by atoms with Gasteiger partial charge < -0.3 is 19.9 Å². The molecule has 0 aliphatic carbocycles. The maximum atomic E-state index is 13.2. The minimum absolute atomic E-state index is 0.186. The van der Waals surface area contributed by atoms with E-state index in [0.717, 1.165) is 36.1 Å². The number of amides is 2. The van der Waals surface area contributed by atoms with E-state index in [4.69, 9.17) is 9.72 Å². The van der Waals surface area contributed by atoms with Gasteiger partial charge in [0.25, 0.3) is 5.91 Å². The van der Waals surface area contributed by atoms with Crippen LogP contribution in [0.1, 0.15) is 81.0 Å². The maximum Gasteiger partial charge on any atom is 0.252 e. The number of benzene rings is 1. The Hall–Kier alpha value is -2.71. The highest BCUT2D eigenvalue weighted by Crippen LogP contribution is 2.28. The van der Waals surface area contributed by atoms with E-state index in [2.05, 4.69) is 46.6 Å². The average molecular weight is 513 g/mol. The number of ether oxygens (including phenoxy) is 1. The third-order valence-electron chi connectivity index (χ3n) is 6.32. The van der Waals surface area contributed by atoms with Crippen molar-refractivity contribution in [3.05, 3.63) is 52.0 Å². The van der Waals surface area contributed by atoms with Gasteiger partial charge in [-0.15, -0.1) is 11.3 Å². The van der Waals surface area contributed by atoms with Crippen LogP contribution >= 0.6 is 11.3 Å². The Morgan fingerprint density at radius 3 is 2.56 bits per heavy atom. The molecule has 2 N–H and O–H groups in total. The fourth-order valence-corrected chi connectivity index (χ4v) is 5.20. The molecule has 2 amide bonds. The summed E-state index contributed by atoms with van der Waals surface area (Å²) in [4.78, 5) is 32.2. The van der Waals surface area contributed by atoms with E-state index in [9.17, 15) is 9.59 Å². The van der Waals surface area contributed by atoms with Crippen LogP contribution in [0, 0.1) is 5.92 Å². The predicted octanol–water partition coefficient (Wildman–Crippen LogP) is 5.35. The Balaban J connectivity index is 1.84. The average Bonchev–Trinajstić information content (AvgIpc) is 3.49. The lowest BCUT2D eigenvalue weighted by Gasteiger charge is -2.20. The van der Waals surface area contributed by atoms with Crippen molar-refractivity contribution in [3.63, 3.8) is 0 Å². The molecule has 0 unspecified atom stereocenters. The monoisotopic (exact) mass is 512 g/mol. The van der Waals surface area contributed by atoms with Crippen LogP contribution in [-0.4, -0.2) is 47.2 Å². The molecular weight excluding hydrogens is 472 g/mol. The van der Waals surface area contributed by atoms with Crippen molar-refractivity contribution in [1.29, 1.82) is 0 Å². The summed E-state index contributed by atoms with van der Waals surface area (Å²) in [5.74, 6) is 0.824. The molecular formula is C28H40N4O3S. The number of aromatic nitrogens is 2. The maximum absolute atomic E-state index is 13.2. The van der Waals surface area contributed by atoms with Crippen molar-refractivity contribution in [1.82, 2.24) is 20.2 Å². The lowest BCUT2D eigenvalue weighted by molar-refractivity contribution is -0.123. The second-order valence-electron chi connectivity index (χ2n) is 9.47. The number of rotatable bonds is 14. The third-order valence-corrected chi connectivity index (χ3v) is 7.20. The van der Waals surface area contributed by atoms with Crippen LogP contribution in [0.4, 0.5) is 0 Å². The molecule has 1 atom stereocenters. The van der Waals surface area contributed by atoms with E-state index in [0.29, 0.717) is 37.8 Å². The summed E-state index contributed by atoms with van der Waals surface area (Å²) in [7, 11) is 0. The molecule has 0 bridgehead atoms. The van der Waals surface area contributed by atoms with Crippen molar-refractivity contribution in [3.8, 4) is 0 Å². The first kappa shape index (κ1) is 27.9. The number of fused-ring (bicyclic) bond motifs is 1. The Morgan fingerprint density at radius 1 is 1.14 bits per heavy atom. The van der Waals surface area contributed by atoms with Gasteiger partial charge in [0, 0.05) is 36.1 Å².